The molecule has 0 aliphatic carbocycles. The molecule has 0 radical (unpaired) electrons. The summed E-state index contributed by atoms with van der Waals surface area (Å²) in [5.74, 6) is 1.75. The van der Waals surface area contributed by atoms with Crippen molar-refractivity contribution in [1.82, 2.24) is 0 Å². The molecular formula is C15H34. The van der Waals surface area contributed by atoms with Crippen LogP contribution in [0.15, 0.2) is 0 Å². The van der Waals surface area contributed by atoms with Crippen molar-refractivity contribution in [2.75, 3.05) is 0 Å². The summed E-state index contributed by atoms with van der Waals surface area (Å²) in [5, 5.41) is 0. The third-order valence-corrected chi connectivity index (χ3v) is 2.97. The van der Waals surface area contributed by atoms with E-state index in [1.807, 2.05) is 0 Å². The van der Waals surface area contributed by atoms with Gasteiger partial charge in [0.2, 0.25) is 0 Å². The van der Waals surface area contributed by atoms with Crippen LogP contribution in [0.4, 0.5) is 0 Å². The van der Waals surface area contributed by atoms with Crippen LogP contribution in [0.25, 0.3) is 0 Å². The Morgan fingerprint density at radius 3 is 1.60 bits per heavy atom. The van der Waals surface area contributed by atoms with E-state index in [0.717, 1.165) is 11.8 Å². The molecule has 0 spiro atoms. The molecule has 0 aromatic heterocycles. The second kappa shape index (κ2) is 9.24. The lowest BCUT2D eigenvalue weighted by Gasteiger charge is -2.23. The molecule has 0 nitrogen and oxygen atoms in total. The monoisotopic (exact) mass is 214 g/mol. The molecule has 0 aromatic carbocycles. The highest BCUT2D eigenvalue weighted by molar-refractivity contribution is 4.67. The summed E-state index contributed by atoms with van der Waals surface area (Å²) in [4.78, 5) is 0. The highest BCUT2D eigenvalue weighted by Crippen LogP contribution is 2.28. The van der Waals surface area contributed by atoms with Crippen molar-refractivity contribution in [2.24, 2.45) is 17.3 Å². The predicted octanol–water partition coefficient (Wildman–Crippen LogP) is 5.91. The standard InChI is InChI=1S/C11H24.C4H10/c1-6-10(3)8-9-11(4,5)7-2;1-4(2)3/h10H,6-9H2,1-5H3;4H,1-3H3. The van der Waals surface area contributed by atoms with E-state index in [0.29, 0.717) is 5.41 Å². The van der Waals surface area contributed by atoms with Gasteiger partial charge in [-0.05, 0) is 23.7 Å². The van der Waals surface area contributed by atoms with Crippen molar-refractivity contribution < 1.29 is 0 Å². The molecule has 0 aliphatic rings. The quantitative estimate of drug-likeness (QED) is 0.533. The molecule has 0 saturated carbocycles. The Labute approximate surface area is 98.9 Å². The zero-order valence-corrected chi connectivity index (χ0v) is 12.5. The lowest BCUT2D eigenvalue weighted by atomic mass is 9.82. The van der Waals surface area contributed by atoms with Gasteiger partial charge in [0.15, 0.2) is 0 Å². The molecule has 0 bridgehead atoms. The van der Waals surface area contributed by atoms with Gasteiger partial charge in [0.05, 0.1) is 0 Å². The maximum absolute atomic E-state index is 2.37. The first-order valence-electron chi connectivity index (χ1n) is 6.75. The zero-order valence-electron chi connectivity index (χ0n) is 12.5. The highest BCUT2D eigenvalue weighted by Gasteiger charge is 2.15. The van der Waals surface area contributed by atoms with E-state index in [9.17, 15) is 0 Å². The number of hydrogen-bond donors (Lipinski definition) is 0. The van der Waals surface area contributed by atoms with E-state index in [2.05, 4.69) is 55.4 Å². The third-order valence-electron chi connectivity index (χ3n) is 2.97. The maximum atomic E-state index is 2.37. The van der Waals surface area contributed by atoms with Gasteiger partial charge in [-0.3, -0.25) is 0 Å². The molecule has 1 atom stereocenters. The van der Waals surface area contributed by atoms with Gasteiger partial charge in [-0.25, -0.2) is 0 Å². The molecule has 1 unspecified atom stereocenters. The van der Waals surface area contributed by atoms with Gasteiger partial charge >= 0.3 is 0 Å². The lowest BCUT2D eigenvalue weighted by Crippen LogP contribution is -2.10. The van der Waals surface area contributed by atoms with Crippen molar-refractivity contribution in [2.45, 2.75) is 81.1 Å². The van der Waals surface area contributed by atoms with Gasteiger partial charge in [-0.15, -0.1) is 0 Å². The summed E-state index contributed by atoms with van der Waals surface area (Å²) in [6.07, 6.45) is 5.43. The molecule has 0 N–H and O–H groups in total. The second-order valence-electron chi connectivity index (χ2n) is 6.30. The molecule has 0 rings (SSSR count). The van der Waals surface area contributed by atoms with Gasteiger partial charge in [0.25, 0.3) is 0 Å². The molecule has 0 heteroatoms. The number of hydrogen-bond acceptors (Lipinski definition) is 0. The van der Waals surface area contributed by atoms with E-state index in [1.54, 1.807) is 0 Å². The smallest absolute Gasteiger partial charge is 0.0357 e. The summed E-state index contributed by atoms with van der Waals surface area (Å²) in [6, 6.07) is 0. The fourth-order valence-electron chi connectivity index (χ4n) is 1.02. The topological polar surface area (TPSA) is 0 Å². The summed E-state index contributed by atoms with van der Waals surface area (Å²) in [5.41, 5.74) is 0.573. The average molecular weight is 214 g/mol. The van der Waals surface area contributed by atoms with Crippen molar-refractivity contribution in [3.8, 4) is 0 Å². The normalized spacial score (nSPS) is 13.4. The maximum Gasteiger partial charge on any atom is -0.0357 e. The molecule has 15 heavy (non-hydrogen) atoms. The largest absolute Gasteiger partial charge is 0.0651 e. The molecular weight excluding hydrogens is 180 g/mol. The van der Waals surface area contributed by atoms with Crippen LogP contribution >= 0.6 is 0 Å². The van der Waals surface area contributed by atoms with Crippen molar-refractivity contribution in [3.05, 3.63) is 0 Å². The zero-order chi connectivity index (χ0) is 12.5. The average Bonchev–Trinajstić information content (AvgIpc) is 2.13. The van der Waals surface area contributed by atoms with E-state index >= 15 is 0 Å². The molecule has 94 valence electrons. The Morgan fingerprint density at radius 2 is 1.33 bits per heavy atom. The Hall–Kier alpha value is 0. The second-order valence-corrected chi connectivity index (χ2v) is 6.30. The fourth-order valence-corrected chi connectivity index (χ4v) is 1.02. The van der Waals surface area contributed by atoms with Crippen LogP contribution in [-0.2, 0) is 0 Å². The van der Waals surface area contributed by atoms with E-state index < -0.39 is 0 Å². The minimum Gasteiger partial charge on any atom is -0.0651 e. The summed E-state index contributed by atoms with van der Waals surface area (Å²) >= 11 is 0. The van der Waals surface area contributed by atoms with Crippen LogP contribution in [0.1, 0.15) is 81.1 Å². The van der Waals surface area contributed by atoms with Crippen LogP contribution in [0, 0.1) is 17.3 Å². The van der Waals surface area contributed by atoms with Gasteiger partial charge in [-0.1, -0.05) is 74.7 Å². The molecule has 0 aromatic rings. The van der Waals surface area contributed by atoms with Crippen LogP contribution < -0.4 is 0 Å². The molecule has 0 saturated heterocycles. The van der Waals surface area contributed by atoms with Crippen molar-refractivity contribution in [3.63, 3.8) is 0 Å². The Kier molecular flexibility index (Phi) is 10.7. The van der Waals surface area contributed by atoms with Gasteiger partial charge in [0.1, 0.15) is 0 Å². The number of rotatable bonds is 5. The Bertz CT molecular complexity index is 119. The fraction of sp³-hybridized carbons (Fsp3) is 1.00. The van der Waals surface area contributed by atoms with Crippen molar-refractivity contribution >= 4 is 0 Å². The van der Waals surface area contributed by atoms with Crippen LogP contribution in [0.2, 0.25) is 0 Å². The predicted molar refractivity (Wildman–Crippen MR) is 73.3 cm³/mol. The lowest BCUT2D eigenvalue weighted by molar-refractivity contribution is 0.286. The first kappa shape index (κ1) is 17.4. The van der Waals surface area contributed by atoms with Gasteiger partial charge < -0.3 is 0 Å². The van der Waals surface area contributed by atoms with Crippen molar-refractivity contribution in [1.29, 1.82) is 0 Å². The van der Waals surface area contributed by atoms with Gasteiger partial charge in [0, 0.05) is 0 Å². The molecule has 0 aliphatic heterocycles. The first-order chi connectivity index (χ1) is 6.75. The van der Waals surface area contributed by atoms with E-state index in [-0.39, 0.29) is 0 Å². The van der Waals surface area contributed by atoms with Crippen LogP contribution in [0.3, 0.4) is 0 Å². The van der Waals surface area contributed by atoms with Crippen LogP contribution in [0.5, 0.6) is 0 Å². The van der Waals surface area contributed by atoms with Gasteiger partial charge in [-0.2, -0.15) is 0 Å². The van der Waals surface area contributed by atoms with E-state index in [4.69, 9.17) is 0 Å². The summed E-state index contributed by atoms with van der Waals surface area (Å²) in [7, 11) is 0. The Morgan fingerprint density at radius 1 is 0.933 bits per heavy atom. The summed E-state index contributed by atoms with van der Waals surface area (Å²) < 4.78 is 0. The minimum atomic E-state index is 0.573. The molecule has 0 heterocycles. The summed E-state index contributed by atoms with van der Waals surface area (Å²) in [6.45, 7) is 18.2. The molecule has 0 fully saturated rings. The molecule has 0 amide bonds. The third kappa shape index (κ3) is 16.7. The van der Waals surface area contributed by atoms with Crippen LogP contribution in [-0.4, -0.2) is 0 Å². The highest BCUT2D eigenvalue weighted by atomic mass is 14.2. The first-order valence-corrected chi connectivity index (χ1v) is 6.75. The van der Waals surface area contributed by atoms with E-state index in [1.165, 1.54) is 25.7 Å². The SMILES string of the molecule is CC(C)C.CCC(C)CCC(C)(C)CC. The Balaban J connectivity index is 0. The minimum absolute atomic E-state index is 0.573.